The molecule has 0 bridgehead atoms. The number of anilines is 1. The first kappa shape index (κ1) is 7.48. The quantitative estimate of drug-likeness (QED) is 0.633. The summed E-state index contributed by atoms with van der Waals surface area (Å²) in [7, 11) is 0. The maximum Gasteiger partial charge on any atom is 0.266 e. The maximum atomic E-state index is 4.00. The third kappa shape index (κ3) is 1.05. The molecule has 0 spiro atoms. The van der Waals surface area contributed by atoms with Gasteiger partial charge in [-0.2, -0.15) is 10.3 Å². The fraction of sp³-hybridized carbons (Fsp3) is 0.429. The topological polar surface area (TPSA) is 86.4 Å². The van der Waals surface area contributed by atoms with Gasteiger partial charge in [0.05, 0.1) is 18.4 Å². The monoisotopic (exact) mass is 191 g/mol. The molecule has 2 N–H and O–H groups in total. The third-order valence-corrected chi connectivity index (χ3v) is 2.42. The minimum Gasteiger partial charge on any atom is -0.332 e. The van der Waals surface area contributed by atoms with Gasteiger partial charge in [-0.15, -0.1) is 5.10 Å². The Morgan fingerprint density at radius 2 is 2.43 bits per heavy atom. The van der Waals surface area contributed by atoms with Crippen molar-refractivity contribution in [3.63, 3.8) is 0 Å². The van der Waals surface area contributed by atoms with Crippen molar-refractivity contribution in [2.75, 3.05) is 11.4 Å². The number of hydrogen-bond acceptors (Lipinski definition) is 5. The summed E-state index contributed by atoms with van der Waals surface area (Å²) in [5.41, 5.74) is 2.42. The average Bonchev–Trinajstić information content (AvgIpc) is 2.88. The fourth-order valence-corrected chi connectivity index (χ4v) is 1.68. The van der Waals surface area contributed by atoms with E-state index in [1.165, 1.54) is 5.56 Å². The largest absolute Gasteiger partial charge is 0.332 e. The first-order valence-corrected chi connectivity index (χ1v) is 4.43. The fourth-order valence-electron chi connectivity index (χ4n) is 1.68. The van der Waals surface area contributed by atoms with Gasteiger partial charge in [0.2, 0.25) is 0 Å². The smallest absolute Gasteiger partial charge is 0.266 e. The molecule has 0 radical (unpaired) electrons. The molecule has 1 aliphatic heterocycles. The van der Waals surface area contributed by atoms with Crippen molar-refractivity contribution in [2.24, 2.45) is 0 Å². The van der Waals surface area contributed by atoms with Crippen molar-refractivity contribution in [3.8, 4) is 0 Å². The zero-order valence-electron chi connectivity index (χ0n) is 7.43. The van der Waals surface area contributed by atoms with E-state index in [9.17, 15) is 0 Å². The van der Waals surface area contributed by atoms with Crippen LogP contribution in [0.15, 0.2) is 6.20 Å². The standard InChI is InChI=1S/C7H9N7/c1-2-14(7-10-12-13-11-7)4-6-5(1)3-8-9-6/h3H,1-2,4H2,(H,8,9)(H,10,11,12,13). The predicted octanol–water partition coefficient (Wildman–Crippen LogP) is -0.515. The molecule has 0 unspecified atom stereocenters. The van der Waals surface area contributed by atoms with E-state index >= 15 is 0 Å². The van der Waals surface area contributed by atoms with Crippen LogP contribution in [0.1, 0.15) is 11.3 Å². The second-order valence-electron chi connectivity index (χ2n) is 3.26. The van der Waals surface area contributed by atoms with E-state index in [-0.39, 0.29) is 0 Å². The van der Waals surface area contributed by atoms with Crippen LogP contribution < -0.4 is 4.90 Å². The molecule has 0 aliphatic carbocycles. The van der Waals surface area contributed by atoms with E-state index in [0.29, 0.717) is 5.95 Å². The normalized spacial score (nSPS) is 15.6. The van der Waals surface area contributed by atoms with Gasteiger partial charge in [-0.1, -0.05) is 5.10 Å². The zero-order valence-corrected chi connectivity index (χ0v) is 7.43. The molecule has 7 nitrogen and oxygen atoms in total. The van der Waals surface area contributed by atoms with Gasteiger partial charge >= 0.3 is 0 Å². The van der Waals surface area contributed by atoms with Gasteiger partial charge in [0, 0.05) is 6.54 Å². The van der Waals surface area contributed by atoms with Crippen LogP contribution in [0.5, 0.6) is 0 Å². The van der Waals surface area contributed by atoms with Gasteiger partial charge < -0.3 is 4.90 Å². The molecule has 3 rings (SSSR count). The summed E-state index contributed by atoms with van der Waals surface area (Å²) < 4.78 is 0. The lowest BCUT2D eigenvalue weighted by atomic mass is 10.1. The van der Waals surface area contributed by atoms with E-state index in [0.717, 1.165) is 25.2 Å². The molecule has 0 saturated carbocycles. The molecule has 14 heavy (non-hydrogen) atoms. The van der Waals surface area contributed by atoms with Gasteiger partial charge in [-0.25, -0.2) is 0 Å². The summed E-state index contributed by atoms with van der Waals surface area (Å²) in [6.07, 6.45) is 2.85. The Labute approximate surface area is 79.5 Å². The van der Waals surface area contributed by atoms with Gasteiger partial charge in [0.15, 0.2) is 0 Å². The van der Waals surface area contributed by atoms with Crippen molar-refractivity contribution in [3.05, 3.63) is 17.5 Å². The van der Waals surface area contributed by atoms with Crippen LogP contribution in [-0.2, 0) is 13.0 Å². The Morgan fingerprint density at radius 1 is 1.43 bits per heavy atom. The third-order valence-electron chi connectivity index (χ3n) is 2.42. The molecule has 0 aromatic carbocycles. The Balaban J connectivity index is 1.88. The van der Waals surface area contributed by atoms with Crippen LogP contribution >= 0.6 is 0 Å². The number of tetrazole rings is 1. The highest BCUT2D eigenvalue weighted by Crippen LogP contribution is 2.18. The van der Waals surface area contributed by atoms with Crippen molar-refractivity contribution >= 4 is 5.95 Å². The summed E-state index contributed by atoms with van der Waals surface area (Å²) in [5, 5.41) is 20.8. The van der Waals surface area contributed by atoms with Gasteiger partial charge in [0.1, 0.15) is 0 Å². The van der Waals surface area contributed by atoms with Crippen molar-refractivity contribution in [1.29, 1.82) is 0 Å². The summed E-state index contributed by atoms with van der Waals surface area (Å²) in [4.78, 5) is 2.06. The molecule has 72 valence electrons. The summed E-state index contributed by atoms with van der Waals surface area (Å²) in [6, 6.07) is 0. The minimum absolute atomic E-state index is 0.644. The molecule has 0 atom stereocenters. The van der Waals surface area contributed by atoms with E-state index < -0.39 is 0 Å². The zero-order chi connectivity index (χ0) is 9.38. The highest BCUT2D eigenvalue weighted by atomic mass is 15.5. The van der Waals surface area contributed by atoms with Gasteiger partial charge in [-0.05, 0) is 17.2 Å². The first-order valence-electron chi connectivity index (χ1n) is 4.43. The number of H-pyrrole nitrogens is 2. The van der Waals surface area contributed by atoms with Crippen LogP contribution in [0.25, 0.3) is 0 Å². The Hall–Kier alpha value is -1.92. The number of rotatable bonds is 1. The lowest BCUT2D eigenvalue weighted by Crippen LogP contribution is -2.30. The SMILES string of the molecule is c1n[nH]c2c1CCN(c1nn[nH]n1)C2. The lowest BCUT2D eigenvalue weighted by molar-refractivity contribution is 0.696. The Kier molecular flexibility index (Phi) is 1.49. The van der Waals surface area contributed by atoms with Crippen LogP contribution in [0.3, 0.4) is 0 Å². The average molecular weight is 191 g/mol. The second kappa shape index (κ2) is 2.79. The molecule has 1 aliphatic rings. The number of aromatic nitrogens is 6. The Morgan fingerprint density at radius 3 is 3.29 bits per heavy atom. The molecule has 0 amide bonds. The van der Waals surface area contributed by atoms with E-state index in [2.05, 4.69) is 35.7 Å². The number of nitrogens with one attached hydrogen (secondary N) is 2. The van der Waals surface area contributed by atoms with Gasteiger partial charge in [0.25, 0.3) is 5.95 Å². The number of aromatic amines is 2. The second-order valence-corrected chi connectivity index (χ2v) is 3.26. The van der Waals surface area contributed by atoms with E-state index in [1.54, 1.807) is 0 Å². The van der Waals surface area contributed by atoms with Gasteiger partial charge in [-0.3, -0.25) is 5.10 Å². The first-order chi connectivity index (χ1) is 6.93. The highest BCUT2D eigenvalue weighted by molar-refractivity contribution is 5.34. The van der Waals surface area contributed by atoms with Crippen molar-refractivity contribution in [1.82, 2.24) is 30.8 Å². The van der Waals surface area contributed by atoms with E-state index in [4.69, 9.17) is 0 Å². The molecule has 2 aromatic heterocycles. The summed E-state index contributed by atoms with van der Waals surface area (Å²) in [5.74, 6) is 0.644. The van der Waals surface area contributed by atoms with Crippen LogP contribution in [0, 0.1) is 0 Å². The van der Waals surface area contributed by atoms with Crippen molar-refractivity contribution < 1.29 is 0 Å². The minimum atomic E-state index is 0.644. The molecule has 2 aromatic rings. The number of fused-ring (bicyclic) bond motifs is 1. The summed E-state index contributed by atoms with van der Waals surface area (Å²) in [6.45, 7) is 1.68. The predicted molar refractivity (Wildman–Crippen MR) is 47.5 cm³/mol. The Bertz CT molecular complexity index is 417. The molecule has 0 fully saturated rings. The molecular weight excluding hydrogens is 182 g/mol. The van der Waals surface area contributed by atoms with Crippen molar-refractivity contribution in [2.45, 2.75) is 13.0 Å². The molecule has 7 heteroatoms. The highest BCUT2D eigenvalue weighted by Gasteiger charge is 2.20. The number of nitrogens with zero attached hydrogens (tertiary/aromatic N) is 5. The number of hydrogen-bond donors (Lipinski definition) is 2. The van der Waals surface area contributed by atoms with Crippen LogP contribution in [0.2, 0.25) is 0 Å². The molecule has 0 saturated heterocycles. The van der Waals surface area contributed by atoms with Crippen LogP contribution in [-0.4, -0.2) is 37.4 Å². The molecular formula is C7H9N7. The summed E-state index contributed by atoms with van der Waals surface area (Å²) >= 11 is 0. The lowest BCUT2D eigenvalue weighted by Gasteiger charge is -2.24. The van der Waals surface area contributed by atoms with Crippen LogP contribution in [0.4, 0.5) is 5.95 Å². The van der Waals surface area contributed by atoms with E-state index in [1.807, 2.05) is 6.20 Å². The molecule has 3 heterocycles. The maximum absolute atomic E-state index is 4.00.